The molecular formula is C4H5F5S2. The van der Waals surface area contributed by atoms with Gasteiger partial charge in [0, 0.05) is 0 Å². The van der Waals surface area contributed by atoms with E-state index in [0.717, 1.165) is 0 Å². The molecule has 1 unspecified atom stereocenters. The summed E-state index contributed by atoms with van der Waals surface area (Å²) in [6.45, 7) is 0. The van der Waals surface area contributed by atoms with Crippen LogP contribution in [0.3, 0.4) is 0 Å². The first-order valence-corrected chi connectivity index (χ1v) is 4.05. The molecular weight excluding hydrogens is 207 g/mol. The van der Waals surface area contributed by atoms with E-state index >= 15 is 0 Å². The van der Waals surface area contributed by atoms with Crippen LogP contribution in [-0.4, -0.2) is 22.9 Å². The molecule has 0 heterocycles. The van der Waals surface area contributed by atoms with Crippen LogP contribution < -0.4 is 0 Å². The van der Waals surface area contributed by atoms with E-state index in [1.807, 2.05) is 0 Å². The Hall–Kier alpha value is 0.350. The van der Waals surface area contributed by atoms with Crippen LogP contribution in [0.25, 0.3) is 0 Å². The van der Waals surface area contributed by atoms with Crippen molar-refractivity contribution in [1.82, 2.24) is 0 Å². The molecule has 0 saturated carbocycles. The predicted octanol–water partition coefficient (Wildman–Crippen LogP) is 2.80. The highest BCUT2D eigenvalue weighted by molar-refractivity contribution is 8.10. The van der Waals surface area contributed by atoms with Gasteiger partial charge in [-0.15, -0.1) is 11.8 Å². The molecule has 0 bridgehead atoms. The highest BCUT2D eigenvalue weighted by Gasteiger charge is 2.37. The summed E-state index contributed by atoms with van der Waals surface area (Å²) in [4.78, 5) is 0. The summed E-state index contributed by atoms with van der Waals surface area (Å²) in [5.74, 6) is -0.840. The predicted molar refractivity (Wildman–Crippen MR) is 37.3 cm³/mol. The standard InChI is InChI=1S/C4H5F5S2/c5-2(6)1-11-3(10)4(7,8)9/h2-3,10H,1H2. The smallest absolute Gasteiger partial charge is 0.210 e. The van der Waals surface area contributed by atoms with Crippen molar-refractivity contribution >= 4 is 24.4 Å². The van der Waals surface area contributed by atoms with Gasteiger partial charge in [0.1, 0.15) is 4.58 Å². The van der Waals surface area contributed by atoms with Crippen LogP contribution in [0.1, 0.15) is 0 Å². The zero-order valence-electron chi connectivity index (χ0n) is 5.11. The molecule has 0 aromatic heterocycles. The van der Waals surface area contributed by atoms with Crippen LogP contribution >= 0.6 is 24.4 Å². The molecule has 0 nitrogen and oxygen atoms in total. The van der Waals surface area contributed by atoms with Crippen molar-refractivity contribution in [2.75, 3.05) is 5.75 Å². The highest BCUT2D eigenvalue weighted by Crippen LogP contribution is 2.33. The third kappa shape index (κ3) is 5.60. The first kappa shape index (κ1) is 11.4. The molecule has 7 heteroatoms. The minimum Gasteiger partial charge on any atom is -0.210 e. The average Bonchev–Trinajstić information content (AvgIpc) is 1.80. The number of alkyl halides is 5. The fourth-order valence-electron chi connectivity index (χ4n) is 0.258. The maximum absolute atomic E-state index is 11.6. The van der Waals surface area contributed by atoms with Crippen LogP contribution in [0, 0.1) is 0 Å². The maximum atomic E-state index is 11.6. The molecule has 0 spiro atoms. The zero-order valence-corrected chi connectivity index (χ0v) is 6.82. The van der Waals surface area contributed by atoms with Crippen LogP contribution in [-0.2, 0) is 0 Å². The lowest BCUT2D eigenvalue weighted by Gasteiger charge is -2.13. The maximum Gasteiger partial charge on any atom is 0.409 e. The van der Waals surface area contributed by atoms with E-state index in [1.165, 1.54) is 0 Å². The Morgan fingerprint density at radius 1 is 1.27 bits per heavy atom. The topological polar surface area (TPSA) is 0 Å². The van der Waals surface area contributed by atoms with Crippen molar-refractivity contribution < 1.29 is 22.0 Å². The minimum atomic E-state index is -4.51. The molecule has 11 heavy (non-hydrogen) atoms. The molecule has 0 rings (SSSR count). The van der Waals surface area contributed by atoms with Crippen molar-refractivity contribution in [3.05, 3.63) is 0 Å². The van der Waals surface area contributed by atoms with Gasteiger partial charge in [-0.3, -0.25) is 0 Å². The molecule has 0 saturated heterocycles. The molecule has 0 aliphatic heterocycles. The van der Waals surface area contributed by atoms with Crippen LogP contribution in [0.2, 0.25) is 0 Å². The summed E-state index contributed by atoms with van der Waals surface area (Å²) in [6.07, 6.45) is -7.24. The molecule has 68 valence electrons. The molecule has 1 atom stereocenters. The van der Waals surface area contributed by atoms with Crippen molar-refractivity contribution in [2.45, 2.75) is 17.2 Å². The zero-order chi connectivity index (χ0) is 9.07. The van der Waals surface area contributed by atoms with E-state index in [-0.39, 0.29) is 11.8 Å². The Labute approximate surface area is 69.9 Å². The second kappa shape index (κ2) is 4.39. The molecule has 0 aliphatic carbocycles. The van der Waals surface area contributed by atoms with Gasteiger partial charge in [0.25, 0.3) is 0 Å². The number of rotatable bonds is 3. The lowest BCUT2D eigenvalue weighted by molar-refractivity contribution is -0.112. The average molecular weight is 212 g/mol. The summed E-state index contributed by atoms with van der Waals surface area (Å²) >= 11 is 3.17. The van der Waals surface area contributed by atoms with Gasteiger partial charge in [0.05, 0.1) is 5.75 Å². The monoisotopic (exact) mass is 212 g/mol. The minimum absolute atomic E-state index is 0.0806. The number of thiol groups is 1. The summed E-state index contributed by atoms with van der Waals surface area (Å²) in [5, 5.41) is 0. The van der Waals surface area contributed by atoms with E-state index in [1.54, 1.807) is 0 Å². The SMILES string of the molecule is FC(F)CSC(S)C(F)(F)F. The van der Waals surface area contributed by atoms with E-state index in [9.17, 15) is 22.0 Å². The molecule has 0 radical (unpaired) electrons. The lowest BCUT2D eigenvalue weighted by Crippen LogP contribution is -2.21. The Balaban J connectivity index is 3.61. The van der Waals surface area contributed by atoms with Crippen LogP contribution in [0.15, 0.2) is 0 Å². The van der Waals surface area contributed by atoms with Crippen molar-refractivity contribution in [1.29, 1.82) is 0 Å². The van der Waals surface area contributed by atoms with Gasteiger partial charge in [-0.2, -0.15) is 25.8 Å². The highest BCUT2D eigenvalue weighted by atomic mass is 32.2. The largest absolute Gasteiger partial charge is 0.409 e. The van der Waals surface area contributed by atoms with E-state index in [4.69, 9.17) is 0 Å². The Kier molecular flexibility index (Phi) is 4.53. The van der Waals surface area contributed by atoms with Gasteiger partial charge in [0.2, 0.25) is 6.43 Å². The Morgan fingerprint density at radius 3 is 2.00 bits per heavy atom. The van der Waals surface area contributed by atoms with E-state index in [2.05, 4.69) is 12.6 Å². The number of hydrogen-bond donors (Lipinski definition) is 1. The van der Waals surface area contributed by atoms with Crippen molar-refractivity contribution in [3.63, 3.8) is 0 Å². The fourth-order valence-corrected chi connectivity index (χ4v) is 1.03. The van der Waals surface area contributed by atoms with Gasteiger partial charge < -0.3 is 0 Å². The van der Waals surface area contributed by atoms with Crippen molar-refractivity contribution in [2.24, 2.45) is 0 Å². The summed E-state index contributed by atoms with van der Waals surface area (Å²) in [7, 11) is 0. The summed E-state index contributed by atoms with van der Waals surface area (Å²) < 4.78 is 55.4. The van der Waals surface area contributed by atoms with Crippen molar-refractivity contribution in [3.8, 4) is 0 Å². The lowest BCUT2D eigenvalue weighted by atomic mass is 10.8. The van der Waals surface area contributed by atoms with E-state index < -0.39 is 22.9 Å². The van der Waals surface area contributed by atoms with E-state index in [0.29, 0.717) is 0 Å². The quantitative estimate of drug-likeness (QED) is 0.426. The third-order valence-corrected chi connectivity index (χ3v) is 2.43. The van der Waals surface area contributed by atoms with Crippen LogP contribution in [0.4, 0.5) is 22.0 Å². The first-order chi connectivity index (χ1) is 4.84. The molecule has 0 aliphatic rings. The third-order valence-electron chi connectivity index (χ3n) is 0.660. The molecule has 0 fully saturated rings. The first-order valence-electron chi connectivity index (χ1n) is 2.48. The second-order valence-electron chi connectivity index (χ2n) is 1.62. The number of thioether (sulfide) groups is 1. The normalized spacial score (nSPS) is 15.5. The fraction of sp³-hybridized carbons (Fsp3) is 1.00. The Bertz CT molecular complexity index is 112. The molecule has 0 aromatic rings. The van der Waals surface area contributed by atoms with Crippen LogP contribution in [0.5, 0.6) is 0 Å². The molecule has 0 aromatic carbocycles. The molecule has 0 N–H and O–H groups in total. The summed E-state index contributed by atoms with van der Waals surface area (Å²) in [5.41, 5.74) is 0. The van der Waals surface area contributed by atoms with Gasteiger partial charge in [-0.1, -0.05) is 0 Å². The molecule has 0 amide bonds. The van der Waals surface area contributed by atoms with Gasteiger partial charge >= 0.3 is 6.18 Å². The Morgan fingerprint density at radius 2 is 1.73 bits per heavy atom. The summed E-state index contributed by atoms with van der Waals surface area (Å²) in [6, 6.07) is 0. The van der Waals surface area contributed by atoms with Gasteiger partial charge in [0.15, 0.2) is 0 Å². The van der Waals surface area contributed by atoms with Gasteiger partial charge in [-0.25, -0.2) is 8.78 Å². The van der Waals surface area contributed by atoms with Gasteiger partial charge in [-0.05, 0) is 0 Å². The second-order valence-corrected chi connectivity index (χ2v) is 3.62. The number of halogens is 5. The number of hydrogen-bond acceptors (Lipinski definition) is 2.